The molecule has 22 heavy (non-hydrogen) atoms. The van der Waals surface area contributed by atoms with E-state index in [9.17, 15) is 14.4 Å². The van der Waals surface area contributed by atoms with E-state index >= 15 is 0 Å². The number of rotatable bonds is 3. The first-order valence-electron chi connectivity index (χ1n) is 7.24. The zero-order valence-corrected chi connectivity index (χ0v) is 12.1. The molecule has 2 aliphatic heterocycles. The van der Waals surface area contributed by atoms with Crippen molar-refractivity contribution in [1.82, 2.24) is 15.1 Å². The van der Waals surface area contributed by atoms with Crippen molar-refractivity contribution in [3.63, 3.8) is 0 Å². The van der Waals surface area contributed by atoms with Crippen LogP contribution in [0, 0.1) is 0 Å². The van der Waals surface area contributed by atoms with Gasteiger partial charge in [0.05, 0.1) is 24.3 Å². The molecule has 0 atom stereocenters. The Kier molecular flexibility index (Phi) is 4.06. The van der Waals surface area contributed by atoms with Gasteiger partial charge in [0.15, 0.2) is 0 Å². The number of ether oxygens (including phenoxy) is 1. The molecule has 1 aromatic rings. The molecule has 7 nitrogen and oxygen atoms in total. The maximum Gasteiger partial charge on any atom is 0.317 e. The normalized spacial score (nSPS) is 17.6. The summed E-state index contributed by atoms with van der Waals surface area (Å²) in [5.41, 5.74) is 0.846. The van der Waals surface area contributed by atoms with Crippen LogP contribution in [0.1, 0.15) is 20.7 Å². The third kappa shape index (κ3) is 2.67. The summed E-state index contributed by atoms with van der Waals surface area (Å²) in [6, 6.07) is 6.55. The van der Waals surface area contributed by atoms with Crippen LogP contribution in [0.4, 0.5) is 4.79 Å². The van der Waals surface area contributed by atoms with Crippen LogP contribution in [0.3, 0.4) is 0 Å². The van der Waals surface area contributed by atoms with Crippen LogP contribution < -0.4 is 5.32 Å². The largest absolute Gasteiger partial charge is 0.378 e. The highest BCUT2D eigenvalue weighted by Crippen LogP contribution is 2.21. The van der Waals surface area contributed by atoms with Crippen LogP contribution in [0.2, 0.25) is 0 Å². The first-order chi connectivity index (χ1) is 10.7. The number of amides is 4. The molecule has 0 aliphatic carbocycles. The van der Waals surface area contributed by atoms with Gasteiger partial charge in [0.2, 0.25) is 0 Å². The maximum atomic E-state index is 12.1. The van der Waals surface area contributed by atoms with Crippen LogP contribution >= 0.6 is 0 Å². The molecule has 1 fully saturated rings. The van der Waals surface area contributed by atoms with Crippen molar-refractivity contribution in [2.45, 2.75) is 0 Å². The van der Waals surface area contributed by atoms with Gasteiger partial charge in [-0.1, -0.05) is 12.1 Å². The Hall–Kier alpha value is -2.41. The Morgan fingerprint density at radius 3 is 2.27 bits per heavy atom. The SMILES string of the molecule is O=C(NCCN1C(=O)c2ccccc2C1=O)N1CCOCC1. The summed E-state index contributed by atoms with van der Waals surface area (Å²) in [6.07, 6.45) is 0. The van der Waals surface area contributed by atoms with E-state index < -0.39 is 0 Å². The van der Waals surface area contributed by atoms with E-state index in [0.29, 0.717) is 37.4 Å². The molecule has 0 bridgehead atoms. The zero-order valence-electron chi connectivity index (χ0n) is 12.1. The second-order valence-corrected chi connectivity index (χ2v) is 5.14. The van der Waals surface area contributed by atoms with E-state index in [1.807, 2.05) is 0 Å². The molecule has 2 heterocycles. The van der Waals surface area contributed by atoms with E-state index in [1.54, 1.807) is 29.2 Å². The second kappa shape index (κ2) is 6.15. The minimum Gasteiger partial charge on any atom is -0.378 e. The summed E-state index contributed by atoms with van der Waals surface area (Å²) in [7, 11) is 0. The average Bonchev–Trinajstić information content (AvgIpc) is 2.81. The van der Waals surface area contributed by atoms with Crippen molar-refractivity contribution in [2.75, 3.05) is 39.4 Å². The van der Waals surface area contributed by atoms with Gasteiger partial charge in [-0.05, 0) is 12.1 Å². The average molecular weight is 303 g/mol. The number of hydrogen-bond acceptors (Lipinski definition) is 4. The third-order valence-corrected chi connectivity index (χ3v) is 3.79. The van der Waals surface area contributed by atoms with Crippen LogP contribution in [-0.2, 0) is 4.74 Å². The molecule has 1 N–H and O–H groups in total. The van der Waals surface area contributed by atoms with Crippen molar-refractivity contribution in [1.29, 1.82) is 0 Å². The number of imide groups is 1. The summed E-state index contributed by atoms with van der Waals surface area (Å²) in [5, 5.41) is 2.73. The Morgan fingerprint density at radius 1 is 1.09 bits per heavy atom. The smallest absolute Gasteiger partial charge is 0.317 e. The molecule has 0 radical (unpaired) electrons. The fraction of sp³-hybridized carbons (Fsp3) is 0.400. The Labute approximate surface area is 127 Å². The topological polar surface area (TPSA) is 79.0 Å². The minimum absolute atomic E-state index is 0.169. The molecule has 0 unspecified atom stereocenters. The lowest BCUT2D eigenvalue weighted by Crippen LogP contribution is -2.48. The molecule has 0 aromatic heterocycles. The highest BCUT2D eigenvalue weighted by Gasteiger charge is 2.34. The fourth-order valence-corrected chi connectivity index (χ4v) is 2.60. The number of carbonyl (C=O) groups excluding carboxylic acids is 3. The molecular formula is C15H17N3O4. The van der Waals surface area contributed by atoms with Crippen molar-refractivity contribution < 1.29 is 19.1 Å². The van der Waals surface area contributed by atoms with E-state index in [0.717, 1.165) is 0 Å². The van der Waals surface area contributed by atoms with Gasteiger partial charge in [-0.3, -0.25) is 14.5 Å². The van der Waals surface area contributed by atoms with E-state index in [2.05, 4.69) is 5.32 Å². The van der Waals surface area contributed by atoms with Gasteiger partial charge in [-0.25, -0.2) is 4.79 Å². The summed E-state index contributed by atoms with van der Waals surface area (Å²) >= 11 is 0. The third-order valence-electron chi connectivity index (χ3n) is 3.79. The lowest BCUT2D eigenvalue weighted by atomic mass is 10.1. The molecular weight excluding hydrogens is 286 g/mol. The number of fused-ring (bicyclic) bond motifs is 1. The molecule has 1 aromatic carbocycles. The van der Waals surface area contributed by atoms with Gasteiger partial charge in [0, 0.05) is 26.2 Å². The van der Waals surface area contributed by atoms with Gasteiger partial charge in [0.25, 0.3) is 11.8 Å². The van der Waals surface area contributed by atoms with Crippen LogP contribution in [-0.4, -0.2) is 67.0 Å². The molecule has 4 amide bonds. The molecule has 2 aliphatic rings. The van der Waals surface area contributed by atoms with E-state index in [1.165, 1.54) is 4.90 Å². The predicted octanol–water partition coefficient (Wildman–Crippen LogP) is 0.324. The van der Waals surface area contributed by atoms with Crippen LogP contribution in [0.15, 0.2) is 24.3 Å². The quantitative estimate of drug-likeness (QED) is 0.816. The number of hydrogen-bond donors (Lipinski definition) is 1. The van der Waals surface area contributed by atoms with Gasteiger partial charge in [0.1, 0.15) is 0 Å². The molecule has 1 saturated heterocycles. The fourth-order valence-electron chi connectivity index (χ4n) is 2.60. The van der Waals surface area contributed by atoms with Crippen molar-refractivity contribution >= 4 is 17.8 Å². The maximum absolute atomic E-state index is 12.1. The number of nitrogens with zero attached hydrogens (tertiary/aromatic N) is 2. The van der Waals surface area contributed by atoms with Gasteiger partial charge >= 0.3 is 6.03 Å². The van der Waals surface area contributed by atoms with E-state index in [4.69, 9.17) is 4.74 Å². The Balaban J connectivity index is 1.53. The number of morpholine rings is 1. The first kappa shape index (κ1) is 14.5. The monoisotopic (exact) mass is 303 g/mol. The highest BCUT2D eigenvalue weighted by molar-refractivity contribution is 6.21. The number of nitrogens with one attached hydrogen (secondary N) is 1. The van der Waals surface area contributed by atoms with Gasteiger partial charge in [-0.15, -0.1) is 0 Å². The number of carbonyl (C=O) groups is 3. The summed E-state index contributed by atoms with van der Waals surface area (Å²) in [5.74, 6) is -0.609. The van der Waals surface area contributed by atoms with Crippen LogP contribution in [0.25, 0.3) is 0 Å². The summed E-state index contributed by atoms with van der Waals surface area (Å²) < 4.78 is 5.18. The first-order valence-corrected chi connectivity index (χ1v) is 7.24. The standard InChI is InChI=1S/C15H17N3O4/c19-13-11-3-1-2-4-12(11)14(20)18(13)6-5-16-15(21)17-7-9-22-10-8-17/h1-4H,5-10H2,(H,16,21). The lowest BCUT2D eigenvalue weighted by Gasteiger charge is -2.27. The minimum atomic E-state index is -0.304. The molecule has 0 spiro atoms. The van der Waals surface area contributed by atoms with Crippen molar-refractivity contribution in [2.24, 2.45) is 0 Å². The molecule has 0 saturated carbocycles. The Morgan fingerprint density at radius 2 is 1.68 bits per heavy atom. The lowest BCUT2D eigenvalue weighted by molar-refractivity contribution is 0.0527. The van der Waals surface area contributed by atoms with Gasteiger partial charge in [-0.2, -0.15) is 0 Å². The number of benzene rings is 1. The summed E-state index contributed by atoms with van der Waals surface area (Å²) in [6.45, 7) is 2.58. The van der Waals surface area contributed by atoms with Crippen LogP contribution in [0.5, 0.6) is 0 Å². The summed E-state index contributed by atoms with van der Waals surface area (Å²) in [4.78, 5) is 39.1. The predicted molar refractivity (Wildman–Crippen MR) is 77.6 cm³/mol. The van der Waals surface area contributed by atoms with Gasteiger partial charge < -0.3 is 15.0 Å². The van der Waals surface area contributed by atoms with E-state index in [-0.39, 0.29) is 30.9 Å². The van der Waals surface area contributed by atoms with Crippen molar-refractivity contribution in [3.8, 4) is 0 Å². The number of urea groups is 1. The molecule has 7 heteroatoms. The molecule has 116 valence electrons. The Bertz CT molecular complexity index is 576. The highest BCUT2D eigenvalue weighted by atomic mass is 16.5. The molecule has 3 rings (SSSR count). The zero-order chi connectivity index (χ0) is 15.5. The second-order valence-electron chi connectivity index (χ2n) is 5.14. The van der Waals surface area contributed by atoms with Crippen molar-refractivity contribution in [3.05, 3.63) is 35.4 Å².